The summed E-state index contributed by atoms with van der Waals surface area (Å²) in [5.41, 5.74) is 0.201. The smallest absolute Gasteiger partial charge is 0.0621 e. The summed E-state index contributed by atoms with van der Waals surface area (Å²) in [7, 11) is 0. The molecule has 2 N–H and O–H groups in total. The van der Waals surface area contributed by atoms with Crippen molar-refractivity contribution in [1.29, 1.82) is 5.26 Å². The van der Waals surface area contributed by atoms with Crippen LogP contribution in [0.2, 0.25) is 0 Å². The second-order valence-corrected chi connectivity index (χ2v) is 5.79. The number of hydrogen-bond acceptors (Lipinski definition) is 3. The van der Waals surface area contributed by atoms with E-state index in [-0.39, 0.29) is 11.5 Å². The lowest BCUT2D eigenvalue weighted by atomic mass is 9.88. The van der Waals surface area contributed by atoms with Gasteiger partial charge in [-0.3, -0.25) is 0 Å². The second kappa shape index (κ2) is 6.22. The fourth-order valence-corrected chi connectivity index (χ4v) is 2.33. The fourth-order valence-electron chi connectivity index (χ4n) is 2.33. The van der Waals surface area contributed by atoms with Crippen LogP contribution in [0.5, 0.6) is 0 Å². The minimum Gasteiger partial charge on any atom is -0.393 e. The molecule has 0 saturated heterocycles. The molecule has 3 heteroatoms. The van der Waals surface area contributed by atoms with E-state index in [0.717, 1.165) is 38.8 Å². The molecule has 0 amide bonds. The van der Waals surface area contributed by atoms with E-state index in [4.69, 9.17) is 5.26 Å². The predicted molar refractivity (Wildman–Crippen MR) is 64.8 cm³/mol. The van der Waals surface area contributed by atoms with E-state index in [0.29, 0.717) is 12.3 Å². The molecule has 1 saturated carbocycles. The van der Waals surface area contributed by atoms with Gasteiger partial charge in [0.1, 0.15) is 0 Å². The van der Waals surface area contributed by atoms with Crippen LogP contribution < -0.4 is 5.32 Å². The van der Waals surface area contributed by atoms with Crippen molar-refractivity contribution in [3.8, 4) is 6.07 Å². The third-order valence-electron chi connectivity index (χ3n) is 3.46. The molecule has 0 bridgehead atoms. The van der Waals surface area contributed by atoms with Crippen LogP contribution in [-0.2, 0) is 0 Å². The first-order valence-electron chi connectivity index (χ1n) is 6.29. The largest absolute Gasteiger partial charge is 0.393 e. The zero-order chi connectivity index (χ0) is 12.0. The number of nitrogens with one attached hydrogen (secondary N) is 1. The van der Waals surface area contributed by atoms with Gasteiger partial charge in [-0.25, -0.2) is 0 Å². The predicted octanol–water partition coefficient (Wildman–Crippen LogP) is 2.07. The van der Waals surface area contributed by atoms with Gasteiger partial charge in [-0.15, -0.1) is 0 Å². The number of nitrogens with zero attached hydrogens (tertiary/aromatic N) is 1. The van der Waals surface area contributed by atoms with Crippen LogP contribution >= 0.6 is 0 Å². The number of rotatable bonds is 6. The van der Waals surface area contributed by atoms with Gasteiger partial charge in [-0.2, -0.15) is 5.26 Å². The van der Waals surface area contributed by atoms with Crippen molar-refractivity contribution in [3.63, 3.8) is 0 Å². The first kappa shape index (κ1) is 13.5. The van der Waals surface area contributed by atoms with Crippen molar-refractivity contribution in [3.05, 3.63) is 0 Å². The molecule has 2 atom stereocenters. The van der Waals surface area contributed by atoms with Gasteiger partial charge in [0.15, 0.2) is 0 Å². The van der Waals surface area contributed by atoms with Crippen LogP contribution in [-0.4, -0.2) is 24.3 Å². The highest BCUT2D eigenvalue weighted by molar-refractivity contribution is 4.81. The highest BCUT2D eigenvalue weighted by Crippen LogP contribution is 2.25. The zero-order valence-corrected chi connectivity index (χ0v) is 10.5. The first-order chi connectivity index (χ1) is 7.53. The molecule has 0 aromatic rings. The highest BCUT2D eigenvalue weighted by atomic mass is 16.3. The lowest BCUT2D eigenvalue weighted by Crippen LogP contribution is -2.32. The van der Waals surface area contributed by atoms with E-state index >= 15 is 0 Å². The normalized spacial score (nSPS) is 25.6. The van der Waals surface area contributed by atoms with E-state index in [2.05, 4.69) is 25.2 Å². The molecule has 1 aliphatic carbocycles. The molecule has 0 spiro atoms. The molecular formula is C13H24N2O. The average Bonchev–Trinajstić information content (AvgIpc) is 2.61. The fraction of sp³-hybridized carbons (Fsp3) is 0.923. The molecule has 1 aliphatic rings. The standard InChI is InChI=1S/C13H24N2O/c1-13(2,6-3-7-14)10-15-9-11-4-5-12(16)8-11/h11-12,15-16H,3-6,8-10H2,1-2H3. The summed E-state index contributed by atoms with van der Waals surface area (Å²) in [5.74, 6) is 0.641. The Bertz CT molecular complexity index is 245. The summed E-state index contributed by atoms with van der Waals surface area (Å²) in [4.78, 5) is 0. The monoisotopic (exact) mass is 224 g/mol. The number of aliphatic hydroxyl groups is 1. The van der Waals surface area contributed by atoms with E-state index < -0.39 is 0 Å². The molecule has 0 aromatic carbocycles. The molecular weight excluding hydrogens is 200 g/mol. The lowest BCUT2D eigenvalue weighted by molar-refractivity contribution is 0.177. The Labute approximate surface area is 98.8 Å². The average molecular weight is 224 g/mol. The third kappa shape index (κ3) is 4.96. The van der Waals surface area contributed by atoms with E-state index in [1.54, 1.807) is 0 Å². The van der Waals surface area contributed by atoms with Gasteiger partial charge in [0.05, 0.1) is 12.2 Å². The second-order valence-electron chi connectivity index (χ2n) is 5.79. The molecule has 0 aromatic heterocycles. The van der Waals surface area contributed by atoms with Gasteiger partial charge in [-0.05, 0) is 43.6 Å². The Morgan fingerprint density at radius 1 is 1.44 bits per heavy atom. The van der Waals surface area contributed by atoms with Gasteiger partial charge in [-0.1, -0.05) is 13.8 Å². The summed E-state index contributed by atoms with van der Waals surface area (Å²) < 4.78 is 0. The van der Waals surface area contributed by atoms with Gasteiger partial charge in [0, 0.05) is 13.0 Å². The van der Waals surface area contributed by atoms with Crippen molar-refractivity contribution in [2.75, 3.05) is 13.1 Å². The molecule has 92 valence electrons. The summed E-state index contributed by atoms with van der Waals surface area (Å²) in [6, 6.07) is 2.20. The SMILES string of the molecule is CC(C)(CCC#N)CNCC1CCC(O)C1. The van der Waals surface area contributed by atoms with Crippen LogP contribution in [0.3, 0.4) is 0 Å². The van der Waals surface area contributed by atoms with Crippen LogP contribution in [0, 0.1) is 22.7 Å². The first-order valence-corrected chi connectivity index (χ1v) is 6.29. The van der Waals surface area contributed by atoms with Crippen molar-refractivity contribution in [1.82, 2.24) is 5.32 Å². The molecule has 1 fully saturated rings. The van der Waals surface area contributed by atoms with Crippen molar-refractivity contribution in [2.24, 2.45) is 11.3 Å². The topological polar surface area (TPSA) is 56.0 Å². The Balaban J connectivity index is 2.12. The Morgan fingerprint density at radius 3 is 2.75 bits per heavy atom. The van der Waals surface area contributed by atoms with Crippen molar-refractivity contribution >= 4 is 0 Å². The third-order valence-corrected chi connectivity index (χ3v) is 3.46. The minimum absolute atomic E-state index is 0.0709. The summed E-state index contributed by atoms with van der Waals surface area (Å²) in [6.07, 6.45) is 4.57. The summed E-state index contributed by atoms with van der Waals surface area (Å²) in [5, 5.41) is 21.4. The molecule has 2 unspecified atom stereocenters. The van der Waals surface area contributed by atoms with Gasteiger partial charge in [0.2, 0.25) is 0 Å². The molecule has 16 heavy (non-hydrogen) atoms. The molecule has 0 aliphatic heterocycles. The van der Waals surface area contributed by atoms with Crippen LogP contribution in [0.25, 0.3) is 0 Å². The molecule has 0 heterocycles. The van der Waals surface area contributed by atoms with E-state index in [1.807, 2.05) is 0 Å². The van der Waals surface area contributed by atoms with E-state index in [1.165, 1.54) is 0 Å². The summed E-state index contributed by atoms with van der Waals surface area (Å²) >= 11 is 0. The van der Waals surface area contributed by atoms with Crippen LogP contribution in [0.1, 0.15) is 46.0 Å². The molecule has 0 radical (unpaired) electrons. The number of nitriles is 1. The Morgan fingerprint density at radius 2 is 2.19 bits per heavy atom. The highest BCUT2D eigenvalue weighted by Gasteiger charge is 2.23. The van der Waals surface area contributed by atoms with E-state index in [9.17, 15) is 5.11 Å². The van der Waals surface area contributed by atoms with Crippen LogP contribution in [0.4, 0.5) is 0 Å². The lowest BCUT2D eigenvalue weighted by Gasteiger charge is -2.24. The maximum Gasteiger partial charge on any atom is 0.0621 e. The molecule has 1 rings (SSSR count). The van der Waals surface area contributed by atoms with Crippen molar-refractivity contribution in [2.45, 2.75) is 52.1 Å². The van der Waals surface area contributed by atoms with Crippen LogP contribution in [0.15, 0.2) is 0 Å². The zero-order valence-electron chi connectivity index (χ0n) is 10.5. The quantitative estimate of drug-likeness (QED) is 0.726. The van der Waals surface area contributed by atoms with Gasteiger partial charge < -0.3 is 10.4 Å². The van der Waals surface area contributed by atoms with Gasteiger partial charge in [0.25, 0.3) is 0 Å². The molecule has 3 nitrogen and oxygen atoms in total. The van der Waals surface area contributed by atoms with Crippen molar-refractivity contribution < 1.29 is 5.11 Å². The van der Waals surface area contributed by atoms with Gasteiger partial charge >= 0.3 is 0 Å². The summed E-state index contributed by atoms with van der Waals surface area (Å²) in [6.45, 7) is 6.36. The Kier molecular flexibility index (Phi) is 5.24. The number of hydrogen-bond donors (Lipinski definition) is 2. The Hall–Kier alpha value is -0.590. The maximum absolute atomic E-state index is 9.41. The number of aliphatic hydroxyl groups excluding tert-OH is 1. The maximum atomic E-state index is 9.41. The minimum atomic E-state index is -0.0709.